The van der Waals surface area contributed by atoms with Gasteiger partial charge in [-0.2, -0.15) is 12.6 Å². The third kappa shape index (κ3) is 4.25. The van der Waals surface area contributed by atoms with Crippen LogP contribution in [0.2, 0.25) is 0 Å². The fourth-order valence-electron chi connectivity index (χ4n) is 1.05. The average Bonchev–Trinajstić information content (AvgIpc) is 2.28. The number of nitrogens with one attached hydrogen (secondary N) is 1. The first-order valence-corrected chi connectivity index (χ1v) is 5.53. The number of benzene rings is 1. The summed E-state index contributed by atoms with van der Waals surface area (Å²) in [6.45, 7) is 2.77. The summed E-state index contributed by atoms with van der Waals surface area (Å²) in [5.41, 5.74) is 0.762. The number of hydrogen-bond acceptors (Lipinski definition) is 3. The summed E-state index contributed by atoms with van der Waals surface area (Å²) in [6, 6.07) is 7.30. The standard InChI is InChI=1S/C11H15NO2S/c1-2-7-14-10-5-3-9(4-6-10)12-11(13)8-15/h3-6,15H,2,7-8H2,1H3,(H,12,13). The summed E-state index contributed by atoms with van der Waals surface area (Å²) in [7, 11) is 0. The lowest BCUT2D eigenvalue weighted by molar-refractivity contribution is -0.113. The van der Waals surface area contributed by atoms with E-state index in [1.807, 2.05) is 24.3 Å². The first kappa shape index (κ1) is 11.9. The van der Waals surface area contributed by atoms with Crippen molar-refractivity contribution in [3.63, 3.8) is 0 Å². The van der Waals surface area contributed by atoms with Gasteiger partial charge in [-0.3, -0.25) is 4.79 Å². The molecule has 0 heterocycles. The molecule has 0 fully saturated rings. The van der Waals surface area contributed by atoms with Gasteiger partial charge in [0, 0.05) is 5.69 Å². The molecule has 0 saturated heterocycles. The Bertz CT molecular complexity index is 311. The minimum Gasteiger partial charge on any atom is -0.494 e. The second-order valence-corrected chi connectivity index (χ2v) is 3.40. The van der Waals surface area contributed by atoms with Gasteiger partial charge in [-0.1, -0.05) is 6.92 Å². The van der Waals surface area contributed by atoms with Gasteiger partial charge in [0.15, 0.2) is 0 Å². The van der Waals surface area contributed by atoms with Crippen LogP contribution < -0.4 is 10.1 Å². The highest BCUT2D eigenvalue weighted by Gasteiger charge is 1.99. The lowest BCUT2D eigenvalue weighted by Crippen LogP contribution is -2.12. The van der Waals surface area contributed by atoms with Crippen LogP contribution in [0.5, 0.6) is 5.75 Å². The van der Waals surface area contributed by atoms with Gasteiger partial charge in [0.2, 0.25) is 5.91 Å². The number of ether oxygens (including phenoxy) is 1. The van der Waals surface area contributed by atoms with E-state index in [1.54, 1.807) is 0 Å². The molecule has 0 aliphatic heterocycles. The van der Waals surface area contributed by atoms with E-state index in [0.29, 0.717) is 6.61 Å². The van der Waals surface area contributed by atoms with E-state index >= 15 is 0 Å². The fraction of sp³-hybridized carbons (Fsp3) is 0.364. The van der Waals surface area contributed by atoms with Crippen LogP contribution in [0.15, 0.2) is 24.3 Å². The molecule has 1 amide bonds. The van der Waals surface area contributed by atoms with E-state index in [2.05, 4.69) is 24.9 Å². The molecule has 0 unspecified atom stereocenters. The van der Waals surface area contributed by atoms with Crippen molar-refractivity contribution in [1.29, 1.82) is 0 Å². The van der Waals surface area contributed by atoms with E-state index in [-0.39, 0.29) is 11.7 Å². The van der Waals surface area contributed by atoms with Crippen molar-refractivity contribution in [3.05, 3.63) is 24.3 Å². The maximum absolute atomic E-state index is 11.0. The number of amides is 1. The van der Waals surface area contributed by atoms with Crippen LogP contribution in [0.25, 0.3) is 0 Å². The van der Waals surface area contributed by atoms with Gasteiger partial charge in [0.1, 0.15) is 5.75 Å². The Morgan fingerprint density at radius 1 is 1.40 bits per heavy atom. The largest absolute Gasteiger partial charge is 0.494 e. The van der Waals surface area contributed by atoms with Crippen molar-refractivity contribution in [1.82, 2.24) is 0 Å². The molecule has 0 saturated carbocycles. The van der Waals surface area contributed by atoms with Crippen molar-refractivity contribution in [2.75, 3.05) is 17.7 Å². The van der Waals surface area contributed by atoms with Crippen molar-refractivity contribution < 1.29 is 9.53 Å². The molecular weight excluding hydrogens is 210 g/mol. The molecular formula is C11H15NO2S. The third-order valence-corrected chi connectivity index (χ3v) is 2.04. The number of thiol groups is 1. The van der Waals surface area contributed by atoms with Gasteiger partial charge < -0.3 is 10.1 Å². The molecule has 0 bridgehead atoms. The summed E-state index contributed by atoms with van der Waals surface area (Å²) < 4.78 is 5.41. The van der Waals surface area contributed by atoms with E-state index in [4.69, 9.17) is 4.74 Å². The molecule has 0 aliphatic carbocycles. The van der Waals surface area contributed by atoms with Crippen molar-refractivity contribution in [2.24, 2.45) is 0 Å². The smallest absolute Gasteiger partial charge is 0.234 e. The first-order chi connectivity index (χ1) is 7.26. The summed E-state index contributed by atoms with van der Waals surface area (Å²) in [5.74, 6) is 0.898. The predicted molar refractivity (Wildman–Crippen MR) is 64.7 cm³/mol. The monoisotopic (exact) mass is 225 g/mol. The fourth-order valence-corrected chi connectivity index (χ4v) is 1.13. The first-order valence-electron chi connectivity index (χ1n) is 4.90. The molecule has 4 heteroatoms. The molecule has 0 radical (unpaired) electrons. The molecule has 1 aromatic carbocycles. The topological polar surface area (TPSA) is 38.3 Å². The van der Waals surface area contributed by atoms with Crippen molar-refractivity contribution in [3.8, 4) is 5.75 Å². The second kappa shape index (κ2) is 6.35. The van der Waals surface area contributed by atoms with Crippen LogP contribution in [0.3, 0.4) is 0 Å². The van der Waals surface area contributed by atoms with E-state index < -0.39 is 0 Å². The SMILES string of the molecule is CCCOc1ccc(NC(=O)CS)cc1. The van der Waals surface area contributed by atoms with Crippen LogP contribution in [0.1, 0.15) is 13.3 Å². The predicted octanol–water partition coefficient (Wildman–Crippen LogP) is 2.34. The molecule has 0 aromatic heterocycles. The second-order valence-electron chi connectivity index (χ2n) is 3.08. The Kier molecular flexibility index (Phi) is 5.04. The zero-order chi connectivity index (χ0) is 11.1. The Morgan fingerprint density at radius 3 is 2.60 bits per heavy atom. The lowest BCUT2D eigenvalue weighted by atomic mass is 10.3. The zero-order valence-corrected chi connectivity index (χ0v) is 9.59. The number of rotatable bonds is 5. The quantitative estimate of drug-likeness (QED) is 0.755. The molecule has 15 heavy (non-hydrogen) atoms. The molecule has 0 atom stereocenters. The summed E-state index contributed by atoms with van der Waals surface area (Å²) in [4.78, 5) is 11.0. The van der Waals surface area contributed by atoms with Gasteiger partial charge >= 0.3 is 0 Å². The van der Waals surface area contributed by atoms with E-state index in [9.17, 15) is 4.79 Å². The molecule has 0 aliphatic rings. The number of carbonyl (C=O) groups is 1. The molecule has 0 spiro atoms. The van der Waals surface area contributed by atoms with Crippen molar-refractivity contribution in [2.45, 2.75) is 13.3 Å². The van der Waals surface area contributed by atoms with Crippen molar-refractivity contribution >= 4 is 24.2 Å². The summed E-state index contributed by atoms with van der Waals surface area (Å²) >= 11 is 3.88. The molecule has 3 nitrogen and oxygen atoms in total. The Morgan fingerprint density at radius 2 is 2.07 bits per heavy atom. The minimum absolute atomic E-state index is 0.111. The van der Waals surface area contributed by atoms with Crippen LogP contribution in [-0.4, -0.2) is 18.3 Å². The van der Waals surface area contributed by atoms with Gasteiger partial charge in [-0.25, -0.2) is 0 Å². The van der Waals surface area contributed by atoms with Gasteiger partial charge in [0.25, 0.3) is 0 Å². The highest BCUT2D eigenvalue weighted by molar-refractivity contribution is 7.81. The van der Waals surface area contributed by atoms with Gasteiger partial charge in [-0.05, 0) is 30.7 Å². The van der Waals surface area contributed by atoms with E-state index in [1.165, 1.54) is 0 Å². The van der Waals surface area contributed by atoms with Crippen LogP contribution in [-0.2, 0) is 4.79 Å². The average molecular weight is 225 g/mol. The maximum Gasteiger partial charge on any atom is 0.234 e. The highest BCUT2D eigenvalue weighted by atomic mass is 32.1. The van der Waals surface area contributed by atoms with Gasteiger partial charge in [-0.15, -0.1) is 0 Å². The Hall–Kier alpha value is -1.16. The third-order valence-electron chi connectivity index (χ3n) is 1.75. The molecule has 1 rings (SSSR count). The van der Waals surface area contributed by atoms with E-state index in [0.717, 1.165) is 17.9 Å². The van der Waals surface area contributed by atoms with Gasteiger partial charge in [0.05, 0.1) is 12.4 Å². The summed E-state index contributed by atoms with van der Waals surface area (Å²) in [5, 5.41) is 2.70. The van der Waals surface area contributed by atoms with Crippen LogP contribution >= 0.6 is 12.6 Å². The minimum atomic E-state index is -0.111. The number of carbonyl (C=O) groups excluding carboxylic acids is 1. The maximum atomic E-state index is 11.0. The molecule has 82 valence electrons. The zero-order valence-electron chi connectivity index (χ0n) is 8.69. The highest BCUT2D eigenvalue weighted by Crippen LogP contribution is 2.15. The normalized spacial score (nSPS) is 9.73. The number of anilines is 1. The summed E-state index contributed by atoms with van der Waals surface area (Å²) in [6.07, 6.45) is 0.984. The molecule has 1 N–H and O–H groups in total. The van der Waals surface area contributed by atoms with Crippen LogP contribution in [0.4, 0.5) is 5.69 Å². The Balaban J connectivity index is 2.52. The Labute approximate surface area is 95.2 Å². The molecule has 1 aromatic rings. The number of hydrogen-bond donors (Lipinski definition) is 2. The lowest BCUT2D eigenvalue weighted by Gasteiger charge is -2.06. The van der Waals surface area contributed by atoms with Crippen LogP contribution in [0, 0.1) is 0 Å².